The van der Waals surface area contributed by atoms with Crippen LogP contribution in [0.25, 0.3) is 11.0 Å². The maximum Gasteiger partial charge on any atom is 0.323 e. The van der Waals surface area contributed by atoms with E-state index in [1.807, 2.05) is 30.3 Å². The van der Waals surface area contributed by atoms with E-state index in [4.69, 9.17) is 0 Å². The molecule has 0 spiro atoms. The number of hydrogen-bond donors (Lipinski definition) is 3. The first-order chi connectivity index (χ1) is 10.5. The minimum Gasteiger partial charge on any atom is -0.306 e. The number of H-pyrrole nitrogens is 2. The Hall–Kier alpha value is -2.38. The molecule has 0 bridgehead atoms. The summed E-state index contributed by atoms with van der Waals surface area (Å²) >= 11 is 0. The van der Waals surface area contributed by atoms with Gasteiger partial charge in [0, 0.05) is 6.54 Å². The van der Waals surface area contributed by atoms with Gasteiger partial charge in [-0.05, 0) is 30.2 Å². The molecule has 1 aromatic heterocycles. The van der Waals surface area contributed by atoms with E-state index in [0.717, 1.165) is 5.56 Å². The number of benzene rings is 2. The zero-order valence-electron chi connectivity index (χ0n) is 11.9. The standard InChI is InChI=1S/C15H15N3O3S/c1-10-7-12-13(18-15(19)17-12)8-14(10)22(20,21)16-9-11-5-3-2-4-6-11/h2-8,16H,9H2,1H3,(H2,17,18,19). The Morgan fingerprint density at radius 3 is 2.36 bits per heavy atom. The number of rotatable bonds is 4. The van der Waals surface area contributed by atoms with Crippen molar-refractivity contribution in [3.8, 4) is 0 Å². The average Bonchev–Trinajstić information content (AvgIpc) is 2.84. The molecule has 0 saturated carbocycles. The lowest BCUT2D eigenvalue weighted by molar-refractivity contribution is 0.581. The van der Waals surface area contributed by atoms with E-state index in [2.05, 4.69) is 14.7 Å². The van der Waals surface area contributed by atoms with Gasteiger partial charge < -0.3 is 9.97 Å². The third-order valence-corrected chi connectivity index (χ3v) is 4.95. The molecule has 1 heterocycles. The van der Waals surface area contributed by atoms with Crippen LogP contribution in [0.4, 0.5) is 0 Å². The summed E-state index contributed by atoms with van der Waals surface area (Å²) < 4.78 is 27.5. The number of imidazole rings is 1. The van der Waals surface area contributed by atoms with E-state index >= 15 is 0 Å². The maximum absolute atomic E-state index is 12.5. The number of aromatic nitrogens is 2. The summed E-state index contributed by atoms with van der Waals surface area (Å²) in [4.78, 5) is 16.6. The van der Waals surface area contributed by atoms with Gasteiger partial charge in [-0.1, -0.05) is 30.3 Å². The molecule has 0 amide bonds. The average molecular weight is 317 g/mol. The molecule has 0 atom stereocenters. The largest absolute Gasteiger partial charge is 0.323 e. The summed E-state index contributed by atoms with van der Waals surface area (Å²) in [6, 6.07) is 12.4. The fraction of sp³-hybridized carbons (Fsp3) is 0.133. The number of aromatic amines is 2. The van der Waals surface area contributed by atoms with Crippen molar-refractivity contribution >= 4 is 21.1 Å². The molecular weight excluding hydrogens is 302 g/mol. The summed E-state index contributed by atoms with van der Waals surface area (Å²) in [5.74, 6) is 0. The summed E-state index contributed by atoms with van der Waals surface area (Å²) in [5, 5.41) is 0. The van der Waals surface area contributed by atoms with Crippen LogP contribution in [0.5, 0.6) is 0 Å². The Morgan fingerprint density at radius 2 is 1.68 bits per heavy atom. The van der Waals surface area contributed by atoms with Crippen LogP contribution in [0.2, 0.25) is 0 Å². The van der Waals surface area contributed by atoms with E-state index in [-0.39, 0.29) is 17.1 Å². The number of nitrogens with one attached hydrogen (secondary N) is 3. The second-order valence-corrected chi connectivity index (χ2v) is 6.79. The highest BCUT2D eigenvalue weighted by molar-refractivity contribution is 7.89. The second-order valence-electron chi connectivity index (χ2n) is 5.05. The number of hydrogen-bond acceptors (Lipinski definition) is 3. The lowest BCUT2D eigenvalue weighted by Crippen LogP contribution is -2.24. The normalized spacial score (nSPS) is 11.9. The molecule has 0 aliphatic rings. The lowest BCUT2D eigenvalue weighted by Gasteiger charge is -2.09. The van der Waals surface area contributed by atoms with Crippen LogP contribution in [0.3, 0.4) is 0 Å². The van der Waals surface area contributed by atoms with Crippen LogP contribution in [0.1, 0.15) is 11.1 Å². The molecule has 114 valence electrons. The van der Waals surface area contributed by atoms with Gasteiger partial charge in [-0.3, -0.25) is 0 Å². The van der Waals surface area contributed by atoms with E-state index in [9.17, 15) is 13.2 Å². The fourth-order valence-electron chi connectivity index (χ4n) is 2.31. The topological polar surface area (TPSA) is 94.8 Å². The molecular formula is C15H15N3O3S. The molecule has 0 aliphatic heterocycles. The molecule has 2 aromatic carbocycles. The van der Waals surface area contributed by atoms with Crippen LogP contribution in [-0.2, 0) is 16.6 Å². The minimum absolute atomic E-state index is 0.159. The van der Waals surface area contributed by atoms with Crippen molar-refractivity contribution in [1.82, 2.24) is 14.7 Å². The Bertz CT molecular complexity index is 972. The zero-order valence-corrected chi connectivity index (χ0v) is 12.7. The molecule has 3 N–H and O–H groups in total. The number of aryl methyl sites for hydroxylation is 1. The van der Waals surface area contributed by atoms with Gasteiger partial charge in [-0.25, -0.2) is 17.9 Å². The van der Waals surface area contributed by atoms with Crippen molar-refractivity contribution in [1.29, 1.82) is 0 Å². The van der Waals surface area contributed by atoms with Crippen molar-refractivity contribution < 1.29 is 8.42 Å². The third kappa shape index (κ3) is 2.81. The smallest absolute Gasteiger partial charge is 0.306 e. The first-order valence-corrected chi connectivity index (χ1v) is 8.20. The first kappa shape index (κ1) is 14.6. The van der Waals surface area contributed by atoms with E-state index in [0.29, 0.717) is 16.6 Å². The molecule has 0 radical (unpaired) electrons. The van der Waals surface area contributed by atoms with Gasteiger partial charge in [0.25, 0.3) is 0 Å². The maximum atomic E-state index is 12.5. The highest BCUT2D eigenvalue weighted by atomic mass is 32.2. The summed E-state index contributed by atoms with van der Waals surface area (Å²) in [5.41, 5.74) is 2.14. The van der Waals surface area contributed by atoms with Crippen LogP contribution in [0.15, 0.2) is 52.2 Å². The van der Waals surface area contributed by atoms with E-state index in [1.54, 1.807) is 13.0 Å². The zero-order chi connectivity index (χ0) is 15.7. The van der Waals surface area contributed by atoms with Crippen molar-refractivity contribution in [2.75, 3.05) is 0 Å². The molecule has 0 saturated heterocycles. The molecule has 0 unspecified atom stereocenters. The quantitative estimate of drug-likeness (QED) is 0.682. The predicted molar refractivity (Wildman–Crippen MR) is 84.1 cm³/mol. The van der Waals surface area contributed by atoms with Gasteiger partial charge in [0.05, 0.1) is 15.9 Å². The second kappa shape index (κ2) is 5.43. The highest BCUT2D eigenvalue weighted by Crippen LogP contribution is 2.20. The van der Waals surface area contributed by atoms with Crippen LogP contribution >= 0.6 is 0 Å². The summed E-state index contributed by atoms with van der Waals surface area (Å²) in [6.07, 6.45) is 0. The van der Waals surface area contributed by atoms with Gasteiger partial charge in [-0.2, -0.15) is 0 Å². The molecule has 3 aromatic rings. The van der Waals surface area contributed by atoms with Crippen LogP contribution in [0, 0.1) is 6.92 Å². The number of sulfonamides is 1. The Morgan fingerprint density at radius 1 is 1.05 bits per heavy atom. The summed E-state index contributed by atoms with van der Waals surface area (Å²) in [6.45, 7) is 1.91. The molecule has 3 rings (SSSR count). The minimum atomic E-state index is -3.66. The molecule has 0 aliphatic carbocycles. The molecule has 6 nitrogen and oxygen atoms in total. The van der Waals surface area contributed by atoms with E-state index < -0.39 is 10.0 Å². The van der Waals surface area contributed by atoms with Gasteiger partial charge in [0.2, 0.25) is 10.0 Å². The van der Waals surface area contributed by atoms with Crippen molar-refractivity contribution in [3.05, 3.63) is 64.1 Å². The third-order valence-electron chi connectivity index (χ3n) is 3.41. The number of fused-ring (bicyclic) bond motifs is 1. The Kier molecular flexibility index (Phi) is 3.59. The van der Waals surface area contributed by atoms with Crippen LogP contribution in [-0.4, -0.2) is 18.4 Å². The first-order valence-electron chi connectivity index (χ1n) is 6.72. The fourth-order valence-corrected chi connectivity index (χ4v) is 3.58. The van der Waals surface area contributed by atoms with Gasteiger partial charge in [0.15, 0.2) is 0 Å². The van der Waals surface area contributed by atoms with Crippen molar-refractivity contribution in [2.24, 2.45) is 0 Å². The summed E-state index contributed by atoms with van der Waals surface area (Å²) in [7, 11) is -3.66. The predicted octanol–water partition coefficient (Wildman–Crippen LogP) is 1.64. The van der Waals surface area contributed by atoms with Crippen molar-refractivity contribution in [3.63, 3.8) is 0 Å². The lowest BCUT2D eigenvalue weighted by atomic mass is 10.2. The Labute approximate surface area is 127 Å². The molecule has 22 heavy (non-hydrogen) atoms. The van der Waals surface area contributed by atoms with Gasteiger partial charge in [-0.15, -0.1) is 0 Å². The monoisotopic (exact) mass is 317 g/mol. The Balaban J connectivity index is 1.94. The van der Waals surface area contributed by atoms with E-state index in [1.165, 1.54) is 6.07 Å². The van der Waals surface area contributed by atoms with Gasteiger partial charge in [0.1, 0.15) is 0 Å². The van der Waals surface area contributed by atoms with Crippen molar-refractivity contribution in [2.45, 2.75) is 18.4 Å². The van der Waals surface area contributed by atoms with Crippen LogP contribution < -0.4 is 10.4 Å². The molecule has 7 heteroatoms. The highest BCUT2D eigenvalue weighted by Gasteiger charge is 2.18. The SMILES string of the molecule is Cc1cc2[nH]c(=O)[nH]c2cc1S(=O)(=O)NCc1ccccc1. The van der Waals surface area contributed by atoms with Gasteiger partial charge >= 0.3 is 5.69 Å². The molecule has 0 fully saturated rings.